The molecule has 12 nitrogen and oxygen atoms in total. The van der Waals surface area contributed by atoms with Gasteiger partial charge in [-0.25, -0.2) is 0 Å². The van der Waals surface area contributed by atoms with Crippen LogP contribution in [0.2, 0.25) is 5.04 Å². The van der Waals surface area contributed by atoms with Gasteiger partial charge < -0.3 is 34.8 Å². The fraction of sp³-hybridized carbons (Fsp3) is 0.463. The van der Waals surface area contributed by atoms with Gasteiger partial charge >= 0.3 is 0 Å². The largest absolute Gasteiger partial charge is 0.494 e. The SMILES string of the molecule is CCOc1ccc(C[C@@H]2NC(=O)[C@H](CCCCCC(=O)[C@@H](C)O[Si](c3ccccc3)(c3ccccc3)C(C)(C)C)NC(=O)[C@H]3CCCCN3C(=O)[C@H](Cc3ccc(OCC)cc3)NC2=O)cc1. The number of amides is 4. The average Bonchev–Trinajstić information content (AvgIpc) is 3.33. The normalized spacial score (nSPS) is 20.0. The number of nitrogens with zero attached hydrogens (tertiary/aromatic N) is 1. The topological polar surface area (TPSA) is 152 Å². The average molecular weight is 931 g/mol. The fourth-order valence-corrected chi connectivity index (χ4v) is 14.1. The predicted molar refractivity (Wildman–Crippen MR) is 264 cm³/mol. The van der Waals surface area contributed by atoms with E-state index in [2.05, 4.69) is 61.0 Å². The van der Waals surface area contributed by atoms with E-state index in [-0.39, 0.29) is 36.0 Å². The molecule has 4 amide bonds. The van der Waals surface area contributed by atoms with Crippen molar-refractivity contribution in [3.63, 3.8) is 0 Å². The maximum atomic E-state index is 14.6. The van der Waals surface area contributed by atoms with Crippen molar-refractivity contribution in [2.24, 2.45) is 0 Å². The summed E-state index contributed by atoms with van der Waals surface area (Å²) in [6, 6.07) is 31.4. The molecule has 0 spiro atoms. The molecule has 2 fully saturated rings. The maximum absolute atomic E-state index is 14.6. The van der Waals surface area contributed by atoms with Gasteiger partial charge in [0.05, 0.1) is 13.2 Å². The molecular weight excluding hydrogens is 861 g/mol. The third-order valence-corrected chi connectivity index (χ3v) is 18.1. The van der Waals surface area contributed by atoms with Crippen LogP contribution in [0.25, 0.3) is 0 Å². The van der Waals surface area contributed by atoms with Gasteiger partial charge in [-0.05, 0) is 104 Å². The van der Waals surface area contributed by atoms with Crippen LogP contribution in [-0.2, 0) is 41.2 Å². The highest BCUT2D eigenvalue weighted by Crippen LogP contribution is 2.38. The van der Waals surface area contributed by atoms with Crippen LogP contribution < -0.4 is 35.8 Å². The van der Waals surface area contributed by atoms with Crippen molar-refractivity contribution in [2.75, 3.05) is 19.8 Å². The number of piperidine rings is 1. The number of fused-ring (bicyclic) bond motifs is 1. The minimum atomic E-state index is -2.94. The monoisotopic (exact) mass is 930 g/mol. The molecule has 358 valence electrons. The van der Waals surface area contributed by atoms with Gasteiger partial charge in [-0.1, -0.05) is 119 Å². The molecule has 2 aliphatic rings. The molecule has 67 heavy (non-hydrogen) atoms. The smallest absolute Gasteiger partial charge is 0.262 e. The summed E-state index contributed by atoms with van der Waals surface area (Å²) in [7, 11) is -2.94. The molecule has 0 bridgehead atoms. The number of Topliss-reactive ketones (excluding diaryl/α,β-unsaturated/α-hetero) is 1. The van der Waals surface area contributed by atoms with Gasteiger partial charge in [0, 0.05) is 25.8 Å². The van der Waals surface area contributed by atoms with Crippen LogP contribution in [0.15, 0.2) is 109 Å². The number of hydrogen-bond acceptors (Lipinski definition) is 8. The number of carbonyl (C=O) groups excluding carboxylic acids is 5. The lowest BCUT2D eigenvalue weighted by atomic mass is 9.96. The number of unbranched alkanes of at least 4 members (excludes halogenated alkanes) is 2. The Morgan fingerprint density at radius 2 is 1.16 bits per heavy atom. The lowest BCUT2D eigenvalue weighted by Crippen LogP contribution is -2.68. The van der Waals surface area contributed by atoms with Crippen LogP contribution in [0.3, 0.4) is 0 Å². The van der Waals surface area contributed by atoms with Gasteiger partial charge in [-0.2, -0.15) is 0 Å². The second-order valence-electron chi connectivity index (χ2n) is 18.8. The first-order valence-electron chi connectivity index (χ1n) is 24.2. The highest BCUT2D eigenvalue weighted by molar-refractivity contribution is 6.99. The third kappa shape index (κ3) is 13.0. The van der Waals surface area contributed by atoms with Crippen molar-refractivity contribution in [1.82, 2.24) is 20.9 Å². The first-order chi connectivity index (χ1) is 32.2. The molecule has 0 aromatic heterocycles. The van der Waals surface area contributed by atoms with Crippen molar-refractivity contribution in [3.8, 4) is 11.5 Å². The van der Waals surface area contributed by atoms with E-state index in [1.54, 1.807) is 4.90 Å². The van der Waals surface area contributed by atoms with Crippen LogP contribution in [0.4, 0.5) is 0 Å². The highest BCUT2D eigenvalue weighted by Gasteiger charge is 2.51. The van der Waals surface area contributed by atoms with Gasteiger partial charge in [-0.15, -0.1) is 0 Å². The molecule has 4 aromatic rings. The quantitative estimate of drug-likeness (QED) is 0.0703. The number of ether oxygens (including phenoxy) is 2. The second kappa shape index (κ2) is 23.8. The molecule has 0 radical (unpaired) electrons. The molecule has 5 atom stereocenters. The van der Waals surface area contributed by atoms with E-state index in [4.69, 9.17) is 13.9 Å². The van der Waals surface area contributed by atoms with Crippen molar-refractivity contribution >= 4 is 48.1 Å². The number of carbonyl (C=O) groups is 5. The van der Waals surface area contributed by atoms with Crippen LogP contribution >= 0.6 is 0 Å². The Labute approximate surface area is 398 Å². The Morgan fingerprint density at radius 3 is 1.70 bits per heavy atom. The van der Waals surface area contributed by atoms with Gasteiger partial charge in [-0.3, -0.25) is 24.0 Å². The lowest BCUT2D eigenvalue weighted by molar-refractivity contribution is -0.146. The van der Waals surface area contributed by atoms with Gasteiger partial charge in [0.15, 0.2) is 5.78 Å². The number of ketones is 1. The zero-order valence-corrected chi connectivity index (χ0v) is 41.2. The van der Waals surface area contributed by atoms with E-state index in [1.165, 1.54) is 0 Å². The number of hydrogen-bond donors (Lipinski definition) is 3. The molecule has 13 heteroatoms. The summed E-state index contributed by atoms with van der Waals surface area (Å²) in [6.45, 7) is 13.6. The molecule has 0 unspecified atom stereocenters. The lowest BCUT2D eigenvalue weighted by Gasteiger charge is -2.44. The van der Waals surface area contributed by atoms with Crippen LogP contribution in [0, 0.1) is 0 Å². The summed E-state index contributed by atoms with van der Waals surface area (Å²) in [5.74, 6) is -0.340. The maximum Gasteiger partial charge on any atom is 0.262 e. The zero-order valence-electron chi connectivity index (χ0n) is 40.2. The molecular formula is C54H70N4O8Si. The summed E-state index contributed by atoms with van der Waals surface area (Å²) < 4.78 is 18.3. The summed E-state index contributed by atoms with van der Waals surface area (Å²) in [5, 5.41) is 10.9. The van der Waals surface area contributed by atoms with E-state index in [0.717, 1.165) is 27.9 Å². The first kappa shape index (κ1) is 50.6. The van der Waals surface area contributed by atoms with Crippen molar-refractivity contribution in [2.45, 2.75) is 141 Å². The molecule has 2 aliphatic heterocycles. The molecule has 2 heterocycles. The van der Waals surface area contributed by atoms with Crippen molar-refractivity contribution in [3.05, 3.63) is 120 Å². The molecule has 6 rings (SSSR count). The summed E-state index contributed by atoms with van der Waals surface area (Å²) >= 11 is 0. The van der Waals surface area contributed by atoms with Crippen LogP contribution in [0.1, 0.15) is 104 Å². The van der Waals surface area contributed by atoms with E-state index < -0.39 is 56.3 Å². The highest BCUT2D eigenvalue weighted by atomic mass is 28.4. The number of benzene rings is 4. The second-order valence-corrected chi connectivity index (χ2v) is 23.0. The minimum absolute atomic E-state index is 0.0102. The van der Waals surface area contributed by atoms with Gasteiger partial charge in [0.25, 0.3) is 8.32 Å². The molecule has 3 N–H and O–H groups in total. The van der Waals surface area contributed by atoms with E-state index >= 15 is 0 Å². The molecule has 0 saturated carbocycles. The minimum Gasteiger partial charge on any atom is -0.494 e. The Morgan fingerprint density at radius 1 is 0.657 bits per heavy atom. The van der Waals surface area contributed by atoms with Gasteiger partial charge in [0.1, 0.15) is 41.8 Å². The zero-order chi connectivity index (χ0) is 48.0. The van der Waals surface area contributed by atoms with Crippen LogP contribution in [0.5, 0.6) is 11.5 Å². The summed E-state index contributed by atoms with van der Waals surface area (Å²) in [6.07, 6.45) is 3.85. The standard InChI is InChI=1S/C54H70N4O8Si/c1-7-64-41-31-27-39(28-32-41)36-46-51(61)57-47(37-40-29-33-42(34-30-40)65-8-2)53(63)58-35-19-18-25-48(58)52(62)55-45(50(60)56-46)24-16-11-17-26-49(59)38(3)66-67(54(4,5)6,43-20-12-9-13-21-43)44-22-14-10-15-23-44/h9-10,12-15,20-23,27-34,38,45-48H,7-8,11,16-19,24-26,35-37H2,1-6H3,(H,55,62)(H,56,60)(H,57,61)/t38-,45+,46+,47+,48-/m1/s1. The Bertz CT molecular complexity index is 2210. The Kier molecular flexibility index (Phi) is 18.0. The predicted octanol–water partition coefficient (Wildman–Crippen LogP) is 6.60. The first-order valence-corrected chi connectivity index (χ1v) is 26.1. The van der Waals surface area contributed by atoms with Crippen molar-refractivity contribution in [1.29, 1.82) is 0 Å². The molecule has 0 aliphatic carbocycles. The van der Waals surface area contributed by atoms with Crippen LogP contribution in [-0.4, -0.2) is 92.7 Å². The fourth-order valence-electron chi connectivity index (χ4n) is 9.46. The van der Waals surface area contributed by atoms with E-state index in [1.807, 2.05) is 106 Å². The molecule has 4 aromatic carbocycles. The summed E-state index contributed by atoms with van der Waals surface area (Å²) in [4.78, 5) is 73.0. The van der Waals surface area contributed by atoms with E-state index in [9.17, 15) is 24.0 Å². The van der Waals surface area contributed by atoms with Gasteiger partial charge in [0.2, 0.25) is 23.6 Å². The van der Waals surface area contributed by atoms with Crippen molar-refractivity contribution < 1.29 is 37.9 Å². The number of rotatable bonds is 19. The molecule has 2 saturated heterocycles. The number of nitrogens with one attached hydrogen (secondary N) is 3. The van der Waals surface area contributed by atoms with E-state index in [0.29, 0.717) is 69.8 Å². The Balaban J connectivity index is 1.17. The third-order valence-electron chi connectivity index (χ3n) is 13.0. The Hall–Kier alpha value is -5.79. The summed E-state index contributed by atoms with van der Waals surface area (Å²) in [5.41, 5.74) is 1.59.